The first-order chi connectivity index (χ1) is 12.6. The van der Waals surface area contributed by atoms with Crippen LogP contribution in [0.3, 0.4) is 0 Å². The summed E-state index contributed by atoms with van der Waals surface area (Å²) in [4.78, 5) is 37.9. The van der Waals surface area contributed by atoms with Gasteiger partial charge >= 0.3 is 5.97 Å². The van der Waals surface area contributed by atoms with Gasteiger partial charge in [-0.25, -0.2) is 4.79 Å². The zero-order valence-electron chi connectivity index (χ0n) is 16.2. The average molecular weight is 391 g/mol. The number of nitrogens with zero attached hydrogens (tertiary/aromatic N) is 1. The van der Waals surface area contributed by atoms with Crippen molar-refractivity contribution in [2.45, 2.75) is 56.9 Å². The third-order valence-electron chi connectivity index (χ3n) is 5.10. The Morgan fingerprint density at radius 2 is 1.96 bits per heavy atom. The topological polar surface area (TPSA) is 75.7 Å². The molecule has 2 heterocycles. The molecule has 2 saturated heterocycles. The highest BCUT2D eigenvalue weighted by Crippen LogP contribution is 2.47. The maximum Gasteiger partial charge on any atom is 0.330 e. The minimum absolute atomic E-state index is 0.0205. The smallest absolute Gasteiger partial charge is 0.330 e. The van der Waals surface area contributed by atoms with Crippen LogP contribution in [0.1, 0.15) is 46.1 Å². The second-order valence-electron chi connectivity index (χ2n) is 8.25. The van der Waals surface area contributed by atoms with Crippen molar-refractivity contribution >= 4 is 35.2 Å². The van der Waals surface area contributed by atoms with Crippen LogP contribution in [0.15, 0.2) is 24.3 Å². The number of hydrogen-bond donors (Lipinski definition) is 1. The zero-order valence-corrected chi connectivity index (χ0v) is 17.0. The van der Waals surface area contributed by atoms with Crippen molar-refractivity contribution < 1.29 is 19.1 Å². The average Bonchev–Trinajstić information content (AvgIpc) is 3.09. The molecule has 3 rings (SSSR count). The van der Waals surface area contributed by atoms with Gasteiger partial charge in [0, 0.05) is 17.9 Å². The molecule has 7 heteroatoms. The van der Waals surface area contributed by atoms with Crippen molar-refractivity contribution in [2.75, 3.05) is 17.7 Å². The summed E-state index contributed by atoms with van der Waals surface area (Å²) in [6, 6.07) is 7.01. The lowest BCUT2D eigenvalue weighted by molar-refractivity contribution is -0.155. The second kappa shape index (κ2) is 7.19. The van der Waals surface area contributed by atoms with Crippen molar-refractivity contribution in [1.29, 1.82) is 0 Å². The zero-order chi connectivity index (χ0) is 19.8. The van der Waals surface area contributed by atoms with Gasteiger partial charge in [-0.05, 0) is 36.5 Å². The van der Waals surface area contributed by atoms with Gasteiger partial charge in [0.05, 0.1) is 4.87 Å². The summed E-state index contributed by atoms with van der Waals surface area (Å²) in [5.74, 6) is -0.419. The van der Waals surface area contributed by atoms with Crippen LogP contribution < -0.4 is 5.32 Å². The third kappa shape index (κ3) is 4.13. The fraction of sp³-hybridized carbons (Fsp3) is 0.550. The Kier molecular flexibility index (Phi) is 5.25. The van der Waals surface area contributed by atoms with E-state index in [0.717, 1.165) is 6.42 Å². The Balaban J connectivity index is 1.52. The molecule has 0 aliphatic carbocycles. The highest BCUT2D eigenvalue weighted by Gasteiger charge is 2.53. The number of ether oxygens (including phenoxy) is 1. The van der Waals surface area contributed by atoms with Gasteiger partial charge in [0.2, 0.25) is 5.91 Å². The van der Waals surface area contributed by atoms with Crippen LogP contribution in [0.2, 0.25) is 0 Å². The molecule has 2 atom stereocenters. The maximum absolute atomic E-state index is 12.4. The molecule has 0 aromatic heterocycles. The molecule has 2 aliphatic rings. The first kappa shape index (κ1) is 19.7. The number of rotatable bonds is 4. The number of anilines is 1. The first-order valence-electron chi connectivity index (χ1n) is 9.13. The van der Waals surface area contributed by atoms with Crippen LogP contribution in [0.4, 0.5) is 5.69 Å². The lowest BCUT2D eigenvalue weighted by Gasteiger charge is -2.29. The standard InChI is InChI=1S/C20H26N2O4S/c1-19(2,3)13-5-7-14(8-6-13)21-16(23)11-26-18(25)15-12-27-20(4)10-9-17(24)22(15)20/h5-8,15H,9-12H2,1-4H3,(H,21,23)/t15-,20-/m0/s1. The number of esters is 1. The summed E-state index contributed by atoms with van der Waals surface area (Å²) >= 11 is 1.60. The van der Waals surface area contributed by atoms with E-state index in [1.165, 1.54) is 5.56 Å². The lowest BCUT2D eigenvalue weighted by atomic mass is 9.87. The summed E-state index contributed by atoms with van der Waals surface area (Å²) in [6.45, 7) is 7.98. The van der Waals surface area contributed by atoms with E-state index in [9.17, 15) is 14.4 Å². The molecule has 0 bridgehead atoms. The van der Waals surface area contributed by atoms with Crippen LogP contribution in [-0.4, -0.2) is 46.0 Å². The van der Waals surface area contributed by atoms with Crippen LogP contribution >= 0.6 is 11.8 Å². The molecule has 6 nitrogen and oxygen atoms in total. The molecule has 27 heavy (non-hydrogen) atoms. The Morgan fingerprint density at radius 1 is 1.30 bits per heavy atom. The van der Waals surface area contributed by atoms with Gasteiger partial charge in [-0.3, -0.25) is 9.59 Å². The molecule has 2 fully saturated rings. The van der Waals surface area contributed by atoms with Crippen molar-refractivity contribution in [3.63, 3.8) is 0 Å². The number of amides is 2. The SMILES string of the molecule is CC(C)(C)c1ccc(NC(=O)COC(=O)[C@@H]2CS[C@@]3(C)CCC(=O)N23)cc1. The quantitative estimate of drug-likeness (QED) is 0.800. The van der Waals surface area contributed by atoms with E-state index in [4.69, 9.17) is 4.74 Å². The number of hydrogen-bond acceptors (Lipinski definition) is 5. The van der Waals surface area contributed by atoms with E-state index < -0.39 is 17.9 Å². The van der Waals surface area contributed by atoms with Crippen LogP contribution in [0.25, 0.3) is 0 Å². The summed E-state index contributed by atoms with van der Waals surface area (Å²) in [7, 11) is 0. The van der Waals surface area contributed by atoms with Gasteiger partial charge in [-0.1, -0.05) is 32.9 Å². The molecular formula is C20H26N2O4S. The Bertz CT molecular complexity index is 756. The van der Waals surface area contributed by atoms with Gasteiger partial charge in [0.15, 0.2) is 6.61 Å². The van der Waals surface area contributed by atoms with E-state index in [1.807, 2.05) is 31.2 Å². The molecule has 0 unspecified atom stereocenters. The molecule has 1 aromatic carbocycles. The Labute approximate surface area is 164 Å². The van der Waals surface area contributed by atoms with Crippen LogP contribution in [0.5, 0.6) is 0 Å². The lowest BCUT2D eigenvalue weighted by Crippen LogP contribution is -2.47. The van der Waals surface area contributed by atoms with Crippen molar-refractivity contribution in [3.05, 3.63) is 29.8 Å². The monoisotopic (exact) mass is 390 g/mol. The largest absolute Gasteiger partial charge is 0.454 e. The highest BCUT2D eigenvalue weighted by atomic mass is 32.2. The fourth-order valence-electron chi connectivity index (χ4n) is 3.48. The van der Waals surface area contributed by atoms with Crippen LogP contribution in [0, 0.1) is 0 Å². The number of carbonyl (C=O) groups excluding carboxylic acids is 3. The van der Waals surface area contributed by atoms with Crippen LogP contribution in [-0.2, 0) is 24.5 Å². The predicted molar refractivity (Wildman–Crippen MR) is 105 cm³/mol. The Hall–Kier alpha value is -2.02. The van der Waals surface area contributed by atoms with Gasteiger partial charge in [-0.15, -0.1) is 11.8 Å². The summed E-state index contributed by atoms with van der Waals surface area (Å²) in [5, 5.41) is 2.73. The molecule has 1 aromatic rings. The number of thioether (sulfide) groups is 1. The number of carbonyl (C=O) groups is 3. The molecule has 1 N–H and O–H groups in total. The van der Waals surface area contributed by atoms with Gasteiger partial charge in [0.25, 0.3) is 5.91 Å². The molecule has 0 radical (unpaired) electrons. The minimum atomic E-state index is -0.603. The fourth-order valence-corrected chi connectivity index (χ4v) is 4.90. The molecular weight excluding hydrogens is 364 g/mol. The normalized spacial score (nSPS) is 24.7. The van der Waals surface area contributed by atoms with Crippen molar-refractivity contribution in [3.8, 4) is 0 Å². The minimum Gasteiger partial charge on any atom is -0.454 e. The summed E-state index contributed by atoms with van der Waals surface area (Å²) in [5.41, 5.74) is 1.87. The Morgan fingerprint density at radius 3 is 2.59 bits per heavy atom. The van der Waals surface area contributed by atoms with E-state index in [2.05, 4.69) is 26.1 Å². The summed E-state index contributed by atoms with van der Waals surface area (Å²) in [6.07, 6.45) is 1.20. The number of fused-ring (bicyclic) bond motifs is 1. The first-order valence-corrected chi connectivity index (χ1v) is 10.1. The molecule has 146 valence electrons. The molecule has 0 spiro atoms. The third-order valence-corrected chi connectivity index (χ3v) is 6.60. The van der Waals surface area contributed by atoms with Gasteiger partial charge in [-0.2, -0.15) is 0 Å². The van der Waals surface area contributed by atoms with Gasteiger partial charge < -0.3 is 15.0 Å². The maximum atomic E-state index is 12.4. The summed E-state index contributed by atoms with van der Waals surface area (Å²) < 4.78 is 5.18. The number of nitrogens with one attached hydrogen (secondary N) is 1. The van der Waals surface area contributed by atoms with E-state index >= 15 is 0 Å². The van der Waals surface area contributed by atoms with E-state index in [0.29, 0.717) is 17.9 Å². The molecule has 0 saturated carbocycles. The van der Waals surface area contributed by atoms with Crippen molar-refractivity contribution in [1.82, 2.24) is 4.90 Å². The number of benzene rings is 1. The van der Waals surface area contributed by atoms with E-state index in [-0.39, 0.29) is 22.8 Å². The molecule has 2 aliphatic heterocycles. The van der Waals surface area contributed by atoms with E-state index in [1.54, 1.807) is 16.7 Å². The second-order valence-corrected chi connectivity index (χ2v) is 9.75. The molecule has 2 amide bonds. The van der Waals surface area contributed by atoms with Gasteiger partial charge in [0.1, 0.15) is 6.04 Å². The highest BCUT2D eigenvalue weighted by molar-refractivity contribution is 8.01. The van der Waals surface area contributed by atoms with Crippen molar-refractivity contribution in [2.24, 2.45) is 0 Å². The predicted octanol–water partition coefficient (Wildman–Crippen LogP) is 2.92.